The van der Waals surface area contributed by atoms with Crippen molar-refractivity contribution in [2.24, 2.45) is 0 Å². The third kappa shape index (κ3) is 3.30. The Morgan fingerprint density at radius 2 is 1.69 bits per heavy atom. The molecule has 1 aliphatic rings. The van der Waals surface area contributed by atoms with Gasteiger partial charge in [-0.1, -0.05) is 17.3 Å². The lowest BCUT2D eigenvalue weighted by molar-refractivity contribution is -0.137. The summed E-state index contributed by atoms with van der Waals surface area (Å²) in [6.45, 7) is 3.55. The molecule has 1 saturated heterocycles. The van der Waals surface area contributed by atoms with E-state index in [0.717, 1.165) is 6.07 Å². The number of hydrogen-bond acceptors (Lipinski definition) is 5. The Kier molecular flexibility index (Phi) is 4.74. The van der Waals surface area contributed by atoms with Crippen LogP contribution in [0.25, 0.3) is 0 Å². The first kappa shape index (κ1) is 18.7. The smallest absolute Gasteiger partial charge is 0.368 e. The molecular weight excluding hydrogens is 371 g/mol. The second kappa shape index (κ2) is 6.58. The Hall–Kier alpha value is -2.07. The van der Waals surface area contributed by atoms with Crippen molar-refractivity contribution in [3.8, 4) is 0 Å². The molecule has 0 bridgehead atoms. The van der Waals surface area contributed by atoms with E-state index >= 15 is 0 Å². The molecule has 0 radical (unpaired) electrons. The maximum Gasteiger partial charge on any atom is 0.418 e. The van der Waals surface area contributed by atoms with E-state index in [0.29, 0.717) is 0 Å². The highest BCUT2D eigenvalue weighted by Gasteiger charge is 2.37. The van der Waals surface area contributed by atoms with Gasteiger partial charge < -0.3 is 9.42 Å². The topological polar surface area (TPSA) is 66.7 Å². The van der Waals surface area contributed by atoms with Crippen LogP contribution < -0.4 is 4.90 Å². The van der Waals surface area contributed by atoms with E-state index in [1.807, 2.05) is 0 Å². The third-order valence-corrected chi connectivity index (χ3v) is 6.50. The number of hydrogen-bond donors (Lipinski definition) is 0. The van der Waals surface area contributed by atoms with Crippen LogP contribution in [0.1, 0.15) is 17.0 Å². The van der Waals surface area contributed by atoms with Gasteiger partial charge in [-0.3, -0.25) is 0 Å². The number of aryl methyl sites for hydroxylation is 2. The fourth-order valence-corrected chi connectivity index (χ4v) is 4.84. The molecule has 0 amide bonds. The second-order valence-corrected chi connectivity index (χ2v) is 7.93. The number of para-hydroxylation sites is 1. The van der Waals surface area contributed by atoms with E-state index in [-0.39, 0.29) is 48.2 Å². The molecule has 0 unspecified atom stereocenters. The Balaban J connectivity index is 1.81. The van der Waals surface area contributed by atoms with Crippen molar-refractivity contribution >= 4 is 15.7 Å². The SMILES string of the molecule is Cc1noc(C)c1S(=O)(=O)N1CCN(c2ccccc2C(F)(F)F)CC1. The van der Waals surface area contributed by atoms with E-state index in [2.05, 4.69) is 5.16 Å². The van der Waals surface area contributed by atoms with Gasteiger partial charge in [-0.25, -0.2) is 8.42 Å². The predicted octanol–water partition coefficient (Wildman–Crippen LogP) is 2.82. The fraction of sp³-hybridized carbons (Fsp3) is 0.438. The predicted molar refractivity (Wildman–Crippen MR) is 88.4 cm³/mol. The molecule has 1 aromatic carbocycles. The number of sulfonamides is 1. The maximum atomic E-state index is 13.2. The normalized spacial score (nSPS) is 16.9. The molecule has 2 aromatic rings. The van der Waals surface area contributed by atoms with Gasteiger partial charge in [0.2, 0.25) is 10.0 Å². The molecule has 0 N–H and O–H groups in total. The fourth-order valence-electron chi connectivity index (χ4n) is 3.13. The minimum Gasteiger partial charge on any atom is -0.368 e. The van der Waals surface area contributed by atoms with Gasteiger partial charge >= 0.3 is 6.18 Å². The first-order valence-corrected chi connectivity index (χ1v) is 9.40. The summed E-state index contributed by atoms with van der Waals surface area (Å²) in [6, 6.07) is 5.31. The number of halogens is 3. The third-order valence-electron chi connectivity index (χ3n) is 4.35. The molecule has 1 aliphatic heterocycles. The van der Waals surface area contributed by atoms with Gasteiger partial charge in [0.15, 0.2) is 5.76 Å². The van der Waals surface area contributed by atoms with Crippen LogP contribution in [0.4, 0.5) is 18.9 Å². The van der Waals surface area contributed by atoms with Gasteiger partial charge in [-0.05, 0) is 26.0 Å². The maximum absolute atomic E-state index is 13.2. The van der Waals surface area contributed by atoms with Crippen molar-refractivity contribution in [2.45, 2.75) is 24.9 Å². The second-order valence-electron chi connectivity index (χ2n) is 6.06. The number of benzene rings is 1. The van der Waals surface area contributed by atoms with Gasteiger partial charge in [-0.15, -0.1) is 0 Å². The van der Waals surface area contributed by atoms with Crippen LogP contribution in [0.15, 0.2) is 33.7 Å². The molecular formula is C16H18F3N3O3S. The summed E-state index contributed by atoms with van der Waals surface area (Å²) in [4.78, 5) is 1.59. The number of nitrogens with zero attached hydrogens (tertiary/aromatic N) is 3. The summed E-state index contributed by atoms with van der Waals surface area (Å²) in [7, 11) is -3.80. The Labute approximate surface area is 149 Å². The molecule has 0 atom stereocenters. The van der Waals surface area contributed by atoms with Gasteiger partial charge in [0.1, 0.15) is 10.6 Å². The van der Waals surface area contributed by atoms with Crippen molar-refractivity contribution in [1.82, 2.24) is 9.46 Å². The number of aromatic nitrogens is 1. The van der Waals surface area contributed by atoms with Crippen LogP contribution in [-0.4, -0.2) is 44.1 Å². The van der Waals surface area contributed by atoms with Crippen LogP contribution >= 0.6 is 0 Å². The minimum absolute atomic E-state index is 0.0293. The molecule has 6 nitrogen and oxygen atoms in total. The molecule has 1 fully saturated rings. The van der Waals surface area contributed by atoms with E-state index in [1.54, 1.807) is 11.8 Å². The molecule has 2 heterocycles. The lowest BCUT2D eigenvalue weighted by Crippen LogP contribution is -2.49. The van der Waals surface area contributed by atoms with Gasteiger partial charge in [0, 0.05) is 31.9 Å². The lowest BCUT2D eigenvalue weighted by Gasteiger charge is -2.36. The van der Waals surface area contributed by atoms with Crippen molar-refractivity contribution < 1.29 is 26.1 Å². The largest absolute Gasteiger partial charge is 0.418 e. The number of rotatable bonds is 3. The molecule has 26 heavy (non-hydrogen) atoms. The van der Waals surface area contributed by atoms with Crippen LogP contribution in [-0.2, 0) is 16.2 Å². The monoisotopic (exact) mass is 389 g/mol. The minimum atomic E-state index is -4.46. The number of piperazine rings is 1. The van der Waals surface area contributed by atoms with Gasteiger partial charge in [0.05, 0.1) is 5.56 Å². The van der Waals surface area contributed by atoms with E-state index < -0.39 is 21.8 Å². The summed E-state index contributed by atoms with van der Waals surface area (Å²) in [5.74, 6) is 0.201. The summed E-state index contributed by atoms with van der Waals surface area (Å²) in [5.41, 5.74) is -0.385. The van der Waals surface area contributed by atoms with Crippen molar-refractivity contribution in [1.29, 1.82) is 0 Å². The van der Waals surface area contributed by atoms with Crippen LogP contribution in [0.5, 0.6) is 0 Å². The summed E-state index contributed by atoms with van der Waals surface area (Å²) in [6.07, 6.45) is -4.46. The Morgan fingerprint density at radius 3 is 2.23 bits per heavy atom. The molecule has 10 heteroatoms. The highest BCUT2D eigenvalue weighted by atomic mass is 32.2. The summed E-state index contributed by atoms with van der Waals surface area (Å²) in [5, 5.41) is 3.66. The molecule has 3 rings (SSSR count). The first-order chi connectivity index (χ1) is 12.1. The zero-order chi connectivity index (χ0) is 19.1. The van der Waals surface area contributed by atoms with E-state index in [4.69, 9.17) is 4.52 Å². The molecule has 1 aromatic heterocycles. The zero-order valence-corrected chi connectivity index (χ0v) is 15.1. The summed E-state index contributed by atoms with van der Waals surface area (Å²) < 4.78 is 71.3. The van der Waals surface area contributed by atoms with E-state index in [9.17, 15) is 21.6 Å². The van der Waals surface area contributed by atoms with Crippen molar-refractivity contribution in [3.63, 3.8) is 0 Å². The van der Waals surface area contributed by atoms with E-state index in [1.165, 1.54) is 29.4 Å². The number of anilines is 1. The average Bonchev–Trinajstić information content (AvgIpc) is 2.93. The highest BCUT2D eigenvalue weighted by molar-refractivity contribution is 7.89. The standard InChI is InChI=1S/C16H18F3N3O3S/c1-11-15(12(2)25-20-11)26(23,24)22-9-7-21(8-10-22)14-6-4-3-5-13(14)16(17,18)19/h3-6H,7-10H2,1-2H3. The molecule has 0 aliphatic carbocycles. The van der Waals surface area contributed by atoms with Gasteiger partial charge in [-0.2, -0.15) is 17.5 Å². The highest BCUT2D eigenvalue weighted by Crippen LogP contribution is 2.37. The Bertz CT molecular complexity index is 881. The van der Waals surface area contributed by atoms with Crippen molar-refractivity contribution in [2.75, 3.05) is 31.1 Å². The zero-order valence-electron chi connectivity index (χ0n) is 14.2. The van der Waals surface area contributed by atoms with Crippen LogP contribution in [0, 0.1) is 13.8 Å². The van der Waals surface area contributed by atoms with Gasteiger partial charge in [0.25, 0.3) is 0 Å². The summed E-state index contributed by atoms with van der Waals surface area (Å²) >= 11 is 0. The quantitative estimate of drug-likeness (QED) is 0.808. The lowest BCUT2D eigenvalue weighted by atomic mass is 10.1. The first-order valence-electron chi connectivity index (χ1n) is 7.96. The number of alkyl halides is 3. The molecule has 0 spiro atoms. The molecule has 142 valence electrons. The van der Waals surface area contributed by atoms with Crippen molar-refractivity contribution in [3.05, 3.63) is 41.3 Å². The molecule has 0 saturated carbocycles. The Morgan fingerprint density at radius 1 is 1.08 bits per heavy atom. The van der Waals surface area contributed by atoms with Crippen LogP contribution in [0.3, 0.4) is 0 Å². The average molecular weight is 389 g/mol. The van der Waals surface area contributed by atoms with Crippen LogP contribution in [0.2, 0.25) is 0 Å².